The molecule has 0 bridgehead atoms. The number of phosphoric acid groups is 1. The molecule has 2 N–H and O–H groups in total. The van der Waals surface area contributed by atoms with Crippen LogP contribution in [-0.2, 0) is 43.7 Å². The van der Waals surface area contributed by atoms with Crippen LogP contribution in [0.2, 0.25) is 0 Å². The van der Waals surface area contributed by atoms with E-state index in [1.54, 1.807) is 57.2 Å². The second kappa shape index (κ2) is 9.46. The molecule has 2 aliphatic rings. The van der Waals surface area contributed by atoms with Crippen LogP contribution in [0.5, 0.6) is 0 Å². The predicted molar refractivity (Wildman–Crippen MR) is 132 cm³/mol. The number of carbonyl (C=O) groups is 2. The number of halogens is 2. The maximum atomic E-state index is 13.9. The first-order valence-electron chi connectivity index (χ1n) is 10.6. The zero-order valence-corrected chi connectivity index (χ0v) is 22.7. The van der Waals surface area contributed by atoms with Gasteiger partial charge in [0.2, 0.25) is 11.2 Å². The minimum absolute atomic E-state index is 0.0176. The molecule has 0 aliphatic carbocycles. The molecule has 0 saturated heterocycles. The Hall–Kier alpha value is -1.59. The van der Waals surface area contributed by atoms with Crippen molar-refractivity contribution in [3.63, 3.8) is 0 Å². The maximum Gasteiger partial charge on any atom is 0.476 e. The van der Waals surface area contributed by atoms with E-state index in [4.69, 9.17) is 18.3 Å². The van der Waals surface area contributed by atoms with Crippen molar-refractivity contribution in [2.45, 2.75) is 32.0 Å². The van der Waals surface area contributed by atoms with Crippen LogP contribution >= 0.6 is 39.7 Å². The highest BCUT2D eigenvalue weighted by atomic mass is 79.9. The van der Waals surface area contributed by atoms with E-state index in [1.165, 1.54) is 0 Å². The zero-order valence-electron chi connectivity index (χ0n) is 18.6. The lowest BCUT2D eigenvalue weighted by atomic mass is 9.74. The molecule has 2 unspecified atom stereocenters. The van der Waals surface area contributed by atoms with Crippen molar-refractivity contribution in [3.8, 4) is 0 Å². The molecule has 2 aliphatic heterocycles. The second-order valence-corrected chi connectivity index (χ2v) is 10.9. The Morgan fingerprint density at radius 3 is 1.74 bits per heavy atom. The highest BCUT2D eigenvalue weighted by Gasteiger charge is 2.73. The SMILES string of the molecule is CCOC1(C2(OP(=O)(OCC)OCC)C(=O)Nc3ccc(Br)cc32)C(=O)Nc2ccc(Br)cc21. The third-order valence-electron chi connectivity index (χ3n) is 5.54. The number of amides is 2. The molecule has 2 atom stereocenters. The summed E-state index contributed by atoms with van der Waals surface area (Å²) in [5.74, 6) is -1.39. The molecule has 2 aromatic carbocycles. The predicted octanol–water partition coefficient (Wildman–Crippen LogP) is 5.44. The zero-order chi connectivity index (χ0) is 24.7. The topological polar surface area (TPSA) is 112 Å². The van der Waals surface area contributed by atoms with Crippen LogP contribution in [0.3, 0.4) is 0 Å². The number of rotatable bonds is 9. The van der Waals surface area contributed by atoms with Gasteiger partial charge in [-0.05, 0) is 57.2 Å². The average molecular weight is 618 g/mol. The molecule has 2 aromatic rings. The van der Waals surface area contributed by atoms with E-state index in [0.29, 0.717) is 25.9 Å². The number of anilines is 2. The summed E-state index contributed by atoms with van der Waals surface area (Å²) in [6.07, 6.45) is 0. The normalized spacial score (nSPS) is 23.4. The van der Waals surface area contributed by atoms with Gasteiger partial charge in [-0.3, -0.25) is 23.2 Å². The van der Waals surface area contributed by atoms with Crippen molar-refractivity contribution >= 4 is 62.9 Å². The van der Waals surface area contributed by atoms with Gasteiger partial charge in [0.25, 0.3) is 11.8 Å². The first kappa shape index (κ1) is 25.5. The van der Waals surface area contributed by atoms with Crippen molar-refractivity contribution in [1.29, 1.82) is 0 Å². The van der Waals surface area contributed by atoms with E-state index < -0.39 is 30.8 Å². The number of nitrogens with one attached hydrogen (secondary N) is 2. The molecular weight excluding hydrogens is 595 g/mol. The Morgan fingerprint density at radius 2 is 1.26 bits per heavy atom. The minimum Gasteiger partial charge on any atom is -0.357 e. The Bertz CT molecular complexity index is 1200. The summed E-state index contributed by atoms with van der Waals surface area (Å²) in [7, 11) is -4.36. The van der Waals surface area contributed by atoms with Gasteiger partial charge in [-0.25, -0.2) is 4.57 Å². The van der Waals surface area contributed by atoms with E-state index in [0.717, 1.165) is 0 Å². The van der Waals surface area contributed by atoms with Crippen LogP contribution in [0.4, 0.5) is 11.4 Å². The molecule has 34 heavy (non-hydrogen) atoms. The van der Waals surface area contributed by atoms with Crippen molar-refractivity contribution in [2.75, 3.05) is 30.5 Å². The van der Waals surface area contributed by atoms with E-state index in [9.17, 15) is 14.2 Å². The van der Waals surface area contributed by atoms with Crippen LogP contribution in [0.1, 0.15) is 31.9 Å². The van der Waals surface area contributed by atoms with Gasteiger partial charge in [-0.1, -0.05) is 31.9 Å². The van der Waals surface area contributed by atoms with Crippen LogP contribution < -0.4 is 10.6 Å². The molecule has 0 aromatic heterocycles. The maximum absolute atomic E-state index is 13.9. The van der Waals surface area contributed by atoms with Crippen molar-refractivity contribution in [1.82, 2.24) is 0 Å². The summed E-state index contributed by atoms with van der Waals surface area (Å²) in [6.45, 7) is 4.93. The van der Waals surface area contributed by atoms with E-state index in [-0.39, 0.29) is 25.4 Å². The molecule has 0 fully saturated rings. The smallest absolute Gasteiger partial charge is 0.357 e. The van der Waals surface area contributed by atoms with E-state index in [2.05, 4.69) is 42.5 Å². The lowest BCUT2D eigenvalue weighted by Gasteiger charge is -2.43. The van der Waals surface area contributed by atoms with Crippen LogP contribution in [0, 0.1) is 0 Å². The summed E-state index contributed by atoms with van der Waals surface area (Å²) in [5, 5.41) is 5.55. The molecule has 0 spiro atoms. The first-order chi connectivity index (χ1) is 16.2. The Morgan fingerprint density at radius 1 is 0.794 bits per heavy atom. The molecule has 2 amide bonds. The van der Waals surface area contributed by atoms with Gasteiger partial charge >= 0.3 is 7.82 Å². The Labute approximate surface area is 213 Å². The van der Waals surface area contributed by atoms with Gasteiger partial charge in [0.15, 0.2) is 0 Å². The number of fused-ring (bicyclic) bond motifs is 2. The van der Waals surface area contributed by atoms with Gasteiger partial charge in [0.1, 0.15) is 0 Å². The molecule has 2 heterocycles. The Balaban J connectivity index is 2.10. The minimum atomic E-state index is -4.36. The number of benzene rings is 2. The highest BCUT2D eigenvalue weighted by molar-refractivity contribution is 9.10. The number of ether oxygens (including phenoxy) is 1. The van der Waals surface area contributed by atoms with Crippen LogP contribution in [0.15, 0.2) is 45.3 Å². The van der Waals surface area contributed by atoms with Gasteiger partial charge in [-0.2, -0.15) is 0 Å². The molecular formula is C22H23Br2N2O7P. The fourth-order valence-corrected chi connectivity index (χ4v) is 6.57. The van der Waals surface area contributed by atoms with E-state index in [1.807, 2.05) is 0 Å². The summed E-state index contributed by atoms with van der Waals surface area (Å²) in [5.41, 5.74) is -2.90. The van der Waals surface area contributed by atoms with Gasteiger partial charge < -0.3 is 15.4 Å². The largest absolute Gasteiger partial charge is 0.476 e. The van der Waals surface area contributed by atoms with Crippen molar-refractivity contribution in [3.05, 3.63) is 56.5 Å². The summed E-state index contributed by atoms with van der Waals surface area (Å²) in [4.78, 5) is 27.7. The summed E-state index contributed by atoms with van der Waals surface area (Å²) >= 11 is 6.86. The quantitative estimate of drug-likeness (QED) is 0.360. The van der Waals surface area contributed by atoms with Gasteiger partial charge in [0.05, 0.1) is 13.2 Å². The average Bonchev–Trinajstić information content (AvgIpc) is 3.20. The summed E-state index contributed by atoms with van der Waals surface area (Å²) < 4.78 is 38.1. The van der Waals surface area contributed by atoms with Crippen LogP contribution in [0.25, 0.3) is 0 Å². The monoisotopic (exact) mass is 616 g/mol. The Kier molecular flexibility index (Phi) is 7.10. The summed E-state index contributed by atoms with van der Waals surface area (Å²) in [6, 6.07) is 10.1. The highest BCUT2D eigenvalue weighted by Crippen LogP contribution is 2.65. The van der Waals surface area contributed by atoms with E-state index >= 15 is 0 Å². The lowest BCUT2D eigenvalue weighted by Crippen LogP contribution is -2.60. The van der Waals surface area contributed by atoms with Crippen molar-refractivity contribution < 1.29 is 32.5 Å². The molecule has 0 saturated carbocycles. The molecule has 0 radical (unpaired) electrons. The van der Waals surface area contributed by atoms with Crippen LogP contribution in [-0.4, -0.2) is 31.6 Å². The van der Waals surface area contributed by atoms with Crippen molar-refractivity contribution in [2.24, 2.45) is 0 Å². The standard InChI is InChI=1S/C22H23Br2N2O7P/c1-4-30-21(15-11-13(23)7-9-17(15)25-19(21)27)22(33-34(29,31-5-2)32-6-3)16-12-14(24)8-10-18(16)26-20(22)28/h7-12H,4-6H2,1-3H3,(H,25,27)(H,26,28). The van der Waals surface area contributed by atoms with Gasteiger partial charge in [-0.15, -0.1) is 0 Å². The number of hydrogen-bond acceptors (Lipinski definition) is 7. The molecule has 4 rings (SSSR count). The second-order valence-electron chi connectivity index (χ2n) is 7.46. The molecule has 9 nitrogen and oxygen atoms in total. The first-order valence-corrected chi connectivity index (χ1v) is 13.7. The fraction of sp³-hybridized carbons (Fsp3) is 0.364. The third kappa shape index (κ3) is 3.78. The third-order valence-corrected chi connectivity index (χ3v) is 8.17. The number of phosphoric ester groups is 1. The van der Waals surface area contributed by atoms with Gasteiger partial charge in [0, 0.05) is 38.1 Å². The number of carbonyl (C=O) groups excluding carboxylic acids is 2. The number of hydrogen-bond donors (Lipinski definition) is 2. The fourth-order valence-electron chi connectivity index (χ4n) is 4.39. The molecule has 12 heteroatoms. The molecule has 182 valence electrons. The lowest BCUT2D eigenvalue weighted by molar-refractivity contribution is -0.192.